The Labute approximate surface area is 504 Å². The smallest absolute Gasteiger partial charge is 0.246 e. The van der Waals surface area contributed by atoms with Crippen molar-refractivity contribution in [1.82, 2.24) is 55.6 Å². The number of nitrogens with zero attached hydrogens (tertiary/aromatic N) is 7. The molecule has 0 radical (unpaired) electrons. The highest BCUT2D eigenvalue weighted by atomic mass is 16.3. The van der Waals surface area contributed by atoms with Crippen LogP contribution in [-0.2, 0) is 47.9 Å². The minimum Gasteiger partial charge on any atom is -0.390 e. The van der Waals surface area contributed by atoms with Crippen LogP contribution in [0.15, 0.2) is 12.2 Å². The molecular formula is C62H113N11O11. The fourth-order valence-corrected chi connectivity index (χ4v) is 10.8. The Morgan fingerprint density at radius 3 is 1.35 bits per heavy atom. The van der Waals surface area contributed by atoms with Crippen LogP contribution in [0.3, 0.4) is 0 Å². The lowest BCUT2D eigenvalue weighted by Gasteiger charge is -2.41. The van der Waals surface area contributed by atoms with Crippen LogP contribution in [0.5, 0.6) is 0 Å². The molecule has 0 aromatic carbocycles. The van der Waals surface area contributed by atoms with E-state index >= 15 is 9.59 Å². The van der Waals surface area contributed by atoms with E-state index in [0.29, 0.717) is 12.8 Å². The quantitative estimate of drug-likeness (QED) is 0.147. The van der Waals surface area contributed by atoms with Gasteiger partial charge in [-0.25, -0.2) is 0 Å². The van der Waals surface area contributed by atoms with Crippen LogP contribution in [0.1, 0.15) is 156 Å². The first-order chi connectivity index (χ1) is 38.8. The lowest BCUT2D eigenvalue weighted by molar-refractivity contribution is -0.157. The molecule has 5 N–H and O–H groups in total. The van der Waals surface area contributed by atoms with Gasteiger partial charge in [0.15, 0.2) is 0 Å². The van der Waals surface area contributed by atoms with Crippen LogP contribution in [0.2, 0.25) is 0 Å². The zero-order valence-corrected chi connectivity index (χ0v) is 55.9. The summed E-state index contributed by atoms with van der Waals surface area (Å²) in [5, 5.41) is 23.5. The third kappa shape index (κ3) is 22.0. The molecule has 1 rings (SSSR count). The molecular weight excluding hydrogens is 1070 g/mol. The zero-order valence-electron chi connectivity index (χ0n) is 55.9. The van der Waals surface area contributed by atoms with E-state index in [-0.39, 0.29) is 62.4 Å². The average Bonchev–Trinajstić information content (AvgIpc) is 3.38. The molecule has 10 amide bonds. The predicted molar refractivity (Wildman–Crippen MR) is 328 cm³/mol. The van der Waals surface area contributed by atoms with E-state index in [1.165, 1.54) is 85.5 Å². The Bertz CT molecular complexity index is 2240. The van der Waals surface area contributed by atoms with Gasteiger partial charge in [-0.05, 0) is 108 Å². The van der Waals surface area contributed by atoms with Gasteiger partial charge in [-0.1, -0.05) is 109 Å². The number of likely N-dealkylation sites (N-methyl/N-ethyl adjacent to an activating group) is 7. The van der Waals surface area contributed by atoms with Crippen molar-refractivity contribution < 1.29 is 53.1 Å². The molecule has 1 aliphatic rings. The molecule has 0 saturated carbocycles. The molecule has 0 aromatic heterocycles. The van der Waals surface area contributed by atoms with Gasteiger partial charge in [-0.2, -0.15) is 0 Å². The number of nitrogens with one attached hydrogen (secondary N) is 4. The Balaban J connectivity index is 4.26. The molecule has 482 valence electrons. The Morgan fingerprint density at radius 1 is 0.476 bits per heavy atom. The second kappa shape index (κ2) is 35.1. The number of hydrogen-bond acceptors (Lipinski definition) is 12. The van der Waals surface area contributed by atoms with Crippen LogP contribution in [0.25, 0.3) is 0 Å². The van der Waals surface area contributed by atoms with Gasteiger partial charge in [-0.15, -0.1) is 0 Å². The molecule has 12 atom stereocenters. The van der Waals surface area contributed by atoms with Gasteiger partial charge in [0.1, 0.15) is 54.4 Å². The van der Waals surface area contributed by atoms with Crippen molar-refractivity contribution in [2.24, 2.45) is 41.4 Å². The number of rotatable bonds is 15. The van der Waals surface area contributed by atoms with Gasteiger partial charge in [0, 0.05) is 54.9 Å². The highest BCUT2D eigenvalue weighted by Gasteiger charge is 2.45. The summed E-state index contributed by atoms with van der Waals surface area (Å²) in [5.74, 6) is -7.87. The minimum atomic E-state index is -1.45. The molecule has 1 fully saturated rings. The summed E-state index contributed by atoms with van der Waals surface area (Å²) in [7, 11) is 10.6. The van der Waals surface area contributed by atoms with E-state index in [9.17, 15) is 43.5 Å². The maximum atomic E-state index is 15.1. The van der Waals surface area contributed by atoms with E-state index in [2.05, 4.69) is 21.3 Å². The largest absolute Gasteiger partial charge is 0.390 e. The van der Waals surface area contributed by atoms with Crippen LogP contribution in [0.4, 0.5) is 0 Å². The standard InChI is InChI=1S/C62H113N11O11/c1-25-27-28-41(15)53(75)52-57(79)65-44(26-2)33-67(18)34-49(74)68(19)45(29-35(3)4)56(78)66-50(39(11)12)61(83)69(20)46(30-36(5)6)55(77)63-42(16)54(76)64-43(17)58(80)70(21)47(31-37(7)8)59(81)71(22)48(32-38(9)10)60(82)72(23)51(40(13)14)62(84)73(52)24/h25,27,35-48,50-53,75H,26,28-34H2,1-24H3,(H,63,77)(H,64,76)(H,65,79)(H,66,78)/b27-25+/t41-,42+,43-,44+,45+,46+,47+,48+,50+,51+,52+,53-/m1/s1. The Hall–Kier alpha value is -5.64. The first kappa shape index (κ1) is 76.4. The second-order valence-electron chi connectivity index (χ2n) is 26.2. The summed E-state index contributed by atoms with van der Waals surface area (Å²) >= 11 is 0. The normalized spacial score (nSPS) is 27.3. The monoisotopic (exact) mass is 1190 g/mol. The molecule has 0 aliphatic carbocycles. The van der Waals surface area contributed by atoms with Crippen molar-refractivity contribution in [2.45, 2.75) is 223 Å². The Kier molecular flexibility index (Phi) is 31.9. The zero-order chi connectivity index (χ0) is 65.1. The van der Waals surface area contributed by atoms with Crippen LogP contribution in [0, 0.1) is 41.4 Å². The van der Waals surface area contributed by atoms with Crippen molar-refractivity contribution in [1.29, 1.82) is 0 Å². The van der Waals surface area contributed by atoms with Gasteiger partial charge in [0.2, 0.25) is 59.1 Å². The topological polar surface area (TPSA) is 262 Å². The fourth-order valence-electron chi connectivity index (χ4n) is 10.8. The highest BCUT2D eigenvalue weighted by Crippen LogP contribution is 2.25. The van der Waals surface area contributed by atoms with Crippen molar-refractivity contribution in [3.05, 3.63) is 12.2 Å². The molecule has 0 bridgehead atoms. The van der Waals surface area contributed by atoms with E-state index in [1.807, 2.05) is 81.4 Å². The van der Waals surface area contributed by atoms with Crippen molar-refractivity contribution in [3.8, 4) is 0 Å². The molecule has 0 unspecified atom stereocenters. The molecule has 0 spiro atoms. The maximum absolute atomic E-state index is 15.1. The number of carbonyl (C=O) groups excluding carboxylic acids is 10. The lowest BCUT2D eigenvalue weighted by atomic mass is 9.91. The minimum absolute atomic E-state index is 0.0638. The third-order valence-electron chi connectivity index (χ3n) is 16.1. The van der Waals surface area contributed by atoms with Crippen molar-refractivity contribution >= 4 is 59.1 Å². The molecule has 1 saturated heterocycles. The number of amides is 10. The summed E-state index contributed by atoms with van der Waals surface area (Å²) in [4.78, 5) is 155. The first-order valence-corrected chi connectivity index (χ1v) is 30.6. The van der Waals surface area contributed by atoms with E-state index in [4.69, 9.17) is 0 Å². The summed E-state index contributed by atoms with van der Waals surface area (Å²) in [5.41, 5.74) is 0. The summed E-state index contributed by atoms with van der Waals surface area (Å²) in [6.45, 7) is 30.6. The molecule has 22 nitrogen and oxygen atoms in total. The second-order valence-corrected chi connectivity index (χ2v) is 26.2. The summed E-state index contributed by atoms with van der Waals surface area (Å²) in [6, 6.07) is -11.1. The molecule has 22 heteroatoms. The summed E-state index contributed by atoms with van der Waals surface area (Å²) in [6.07, 6.45) is 3.87. The van der Waals surface area contributed by atoms with E-state index in [0.717, 1.165) is 0 Å². The molecule has 84 heavy (non-hydrogen) atoms. The van der Waals surface area contributed by atoms with Crippen molar-refractivity contribution in [3.63, 3.8) is 0 Å². The summed E-state index contributed by atoms with van der Waals surface area (Å²) < 4.78 is 0. The fraction of sp³-hybridized carbons (Fsp3) is 0.806. The average molecular weight is 1190 g/mol. The molecule has 0 aromatic rings. The predicted octanol–water partition coefficient (Wildman–Crippen LogP) is 3.74. The Morgan fingerprint density at radius 2 is 0.893 bits per heavy atom. The number of hydrogen-bond donors (Lipinski definition) is 5. The van der Waals surface area contributed by atoms with Gasteiger partial charge in [0.25, 0.3) is 0 Å². The number of aliphatic hydroxyl groups excluding tert-OH is 1. The van der Waals surface area contributed by atoms with Crippen LogP contribution in [-0.4, -0.2) is 227 Å². The van der Waals surface area contributed by atoms with E-state index < -0.39 is 143 Å². The SMILES string of the molecule is C/C=C/C[C@@H](C)[C@@H](O)[C@H]1C(=O)N[C@@H](CC)CN(C)CC(=O)N(C)[C@@H](CC(C)C)C(=O)N[C@@H](C(C)C)C(=O)N(C)[C@@H](CC(C)C)C(=O)N[C@@H](C)C(=O)N[C@H](C)C(=O)N(C)[C@@H](CC(C)C)C(=O)N(C)[C@@H](CC(C)C)C(=O)N(C)[C@@H](C(C)C)C(=O)N1C. The van der Waals surface area contributed by atoms with E-state index in [1.54, 1.807) is 46.6 Å². The van der Waals surface area contributed by atoms with Crippen LogP contribution < -0.4 is 21.3 Å². The lowest BCUT2D eigenvalue weighted by Crippen LogP contribution is -2.63. The molecule has 1 aliphatic heterocycles. The van der Waals surface area contributed by atoms with Gasteiger partial charge < -0.3 is 55.8 Å². The van der Waals surface area contributed by atoms with Gasteiger partial charge in [-0.3, -0.25) is 52.8 Å². The van der Waals surface area contributed by atoms with Gasteiger partial charge in [0.05, 0.1) is 12.6 Å². The first-order valence-electron chi connectivity index (χ1n) is 30.6. The van der Waals surface area contributed by atoms with Gasteiger partial charge >= 0.3 is 0 Å². The molecule has 1 heterocycles. The third-order valence-corrected chi connectivity index (χ3v) is 16.1. The maximum Gasteiger partial charge on any atom is 0.246 e. The van der Waals surface area contributed by atoms with Crippen LogP contribution >= 0.6 is 0 Å². The highest BCUT2D eigenvalue weighted by molar-refractivity contribution is 5.98. The number of aliphatic hydroxyl groups is 1. The number of carbonyl (C=O) groups is 10. The number of allylic oxidation sites excluding steroid dienone is 2. The van der Waals surface area contributed by atoms with Crippen molar-refractivity contribution in [2.75, 3.05) is 62.4 Å².